The molecule has 1 saturated heterocycles. The molecule has 2 N–H and O–H groups in total. The Balaban J connectivity index is 1.93. The van der Waals surface area contributed by atoms with Crippen LogP contribution in [0.1, 0.15) is 32.6 Å². The predicted molar refractivity (Wildman–Crippen MR) is 72.5 cm³/mol. The zero-order valence-corrected chi connectivity index (χ0v) is 12.0. The van der Waals surface area contributed by atoms with Gasteiger partial charge in [-0.2, -0.15) is 0 Å². The second kappa shape index (κ2) is 6.12. The molecular weight excluding hydrogens is 282 g/mol. The molecule has 8 nitrogen and oxygen atoms in total. The van der Waals surface area contributed by atoms with Crippen LogP contribution in [0, 0.1) is 5.41 Å². The maximum atomic E-state index is 12.0. The highest BCUT2D eigenvalue weighted by Gasteiger charge is 2.41. The molecule has 0 radical (unpaired) electrons. The first kappa shape index (κ1) is 14.6. The van der Waals surface area contributed by atoms with Gasteiger partial charge in [0.2, 0.25) is 5.13 Å². The Hall–Kier alpha value is -1.77. The van der Waals surface area contributed by atoms with Crippen molar-refractivity contribution in [2.24, 2.45) is 5.41 Å². The number of carbonyl (C=O) groups excluding carboxylic acids is 1. The first-order chi connectivity index (χ1) is 9.57. The zero-order chi connectivity index (χ0) is 14.6. The molecule has 1 aliphatic heterocycles. The van der Waals surface area contributed by atoms with Gasteiger partial charge in [0.05, 0.1) is 5.41 Å². The molecule has 2 rings (SSSR count). The van der Waals surface area contributed by atoms with Crippen LogP contribution in [-0.4, -0.2) is 49.9 Å². The molecule has 2 heterocycles. The van der Waals surface area contributed by atoms with E-state index in [0.717, 1.165) is 18.0 Å². The molecule has 9 heteroatoms. The van der Waals surface area contributed by atoms with E-state index in [9.17, 15) is 14.7 Å². The lowest BCUT2D eigenvalue weighted by atomic mass is 9.75. The van der Waals surface area contributed by atoms with Gasteiger partial charge in [0, 0.05) is 24.6 Å². The average molecular weight is 299 g/mol. The maximum absolute atomic E-state index is 12.0. The topological polar surface area (TPSA) is 108 Å². The molecular formula is C11H17N5O3S. The summed E-state index contributed by atoms with van der Waals surface area (Å²) in [6.45, 7) is 2.85. The molecule has 2 amide bonds. The Morgan fingerprint density at radius 1 is 1.45 bits per heavy atom. The number of rotatable bonds is 4. The standard InChI is InChI=1S/C11H17N5O3S/c1-2-3-11(8(17)18)4-6-16(7-5-11)10(19)12-9-13-14-15-20-9/h2-7H2,1H3,(H,17,18)(H,12,13,15,19). The summed E-state index contributed by atoms with van der Waals surface area (Å²) in [5.41, 5.74) is -0.685. The van der Waals surface area contributed by atoms with Crippen LogP contribution in [0.2, 0.25) is 0 Å². The number of amides is 2. The van der Waals surface area contributed by atoms with Crippen molar-refractivity contribution in [3.63, 3.8) is 0 Å². The van der Waals surface area contributed by atoms with E-state index in [1.165, 1.54) is 0 Å². The fourth-order valence-electron chi connectivity index (χ4n) is 2.54. The summed E-state index contributed by atoms with van der Waals surface area (Å²) in [6.07, 6.45) is 2.45. The van der Waals surface area contributed by atoms with E-state index < -0.39 is 11.4 Å². The summed E-state index contributed by atoms with van der Waals surface area (Å²) in [6, 6.07) is -0.279. The number of carboxylic acid groups (broad SMARTS) is 1. The molecule has 0 bridgehead atoms. The largest absolute Gasteiger partial charge is 0.481 e. The molecule has 1 aromatic rings. The van der Waals surface area contributed by atoms with E-state index in [4.69, 9.17) is 0 Å². The highest BCUT2D eigenvalue weighted by molar-refractivity contribution is 7.09. The highest BCUT2D eigenvalue weighted by Crippen LogP contribution is 2.36. The van der Waals surface area contributed by atoms with Gasteiger partial charge in [-0.3, -0.25) is 10.1 Å². The van der Waals surface area contributed by atoms with E-state index in [1.807, 2.05) is 6.92 Å². The number of hydrogen-bond donors (Lipinski definition) is 2. The SMILES string of the molecule is CCCC1(C(=O)O)CCN(C(=O)Nc2nnns2)CC1. The number of hydrogen-bond acceptors (Lipinski definition) is 6. The number of likely N-dealkylation sites (tertiary alicyclic amines) is 1. The summed E-state index contributed by atoms with van der Waals surface area (Å²) in [5.74, 6) is -0.757. The molecule has 0 aromatic carbocycles. The quantitative estimate of drug-likeness (QED) is 0.870. The summed E-state index contributed by atoms with van der Waals surface area (Å²) < 4.78 is 3.56. The Bertz CT molecular complexity index is 470. The average Bonchev–Trinajstić information content (AvgIpc) is 2.92. The lowest BCUT2D eigenvalue weighted by Gasteiger charge is -2.38. The van der Waals surface area contributed by atoms with Crippen molar-refractivity contribution in [1.82, 2.24) is 19.7 Å². The van der Waals surface area contributed by atoms with Gasteiger partial charge < -0.3 is 10.0 Å². The summed E-state index contributed by atoms with van der Waals surface area (Å²) in [5, 5.41) is 19.4. The number of aromatic nitrogens is 3. The van der Waals surface area contributed by atoms with Gasteiger partial charge in [0.25, 0.3) is 0 Å². The summed E-state index contributed by atoms with van der Waals surface area (Å²) in [4.78, 5) is 25.0. The van der Waals surface area contributed by atoms with Crippen LogP contribution in [0.4, 0.5) is 9.93 Å². The number of urea groups is 1. The predicted octanol–water partition coefficient (Wildman–Crippen LogP) is 1.43. The van der Waals surface area contributed by atoms with E-state index in [2.05, 4.69) is 20.1 Å². The van der Waals surface area contributed by atoms with Gasteiger partial charge in [0.1, 0.15) is 0 Å². The smallest absolute Gasteiger partial charge is 0.323 e. The van der Waals surface area contributed by atoms with Crippen molar-refractivity contribution >= 4 is 28.7 Å². The molecule has 0 unspecified atom stereocenters. The monoisotopic (exact) mass is 299 g/mol. The lowest BCUT2D eigenvalue weighted by molar-refractivity contribution is -0.152. The van der Waals surface area contributed by atoms with Crippen LogP contribution in [-0.2, 0) is 4.79 Å². The van der Waals surface area contributed by atoms with Crippen LogP contribution in [0.5, 0.6) is 0 Å². The van der Waals surface area contributed by atoms with Crippen molar-refractivity contribution in [3.05, 3.63) is 0 Å². The molecule has 0 atom stereocenters. The van der Waals surface area contributed by atoms with Crippen molar-refractivity contribution in [3.8, 4) is 0 Å². The fourth-order valence-corrected chi connectivity index (χ4v) is 2.90. The second-order valence-electron chi connectivity index (χ2n) is 4.92. The van der Waals surface area contributed by atoms with Crippen LogP contribution < -0.4 is 5.32 Å². The molecule has 0 spiro atoms. The van der Waals surface area contributed by atoms with Crippen molar-refractivity contribution < 1.29 is 14.7 Å². The van der Waals surface area contributed by atoms with E-state index in [0.29, 0.717) is 37.5 Å². The number of anilines is 1. The van der Waals surface area contributed by atoms with Crippen molar-refractivity contribution in [1.29, 1.82) is 0 Å². The molecule has 0 saturated carbocycles. The fraction of sp³-hybridized carbons (Fsp3) is 0.727. The van der Waals surface area contributed by atoms with Crippen LogP contribution >= 0.6 is 11.5 Å². The number of nitrogens with zero attached hydrogens (tertiary/aromatic N) is 4. The highest BCUT2D eigenvalue weighted by atomic mass is 32.1. The van der Waals surface area contributed by atoms with Gasteiger partial charge in [0.15, 0.2) is 0 Å². The minimum absolute atomic E-state index is 0.279. The van der Waals surface area contributed by atoms with Crippen LogP contribution in [0.15, 0.2) is 0 Å². The minimum Gasteiger partial charge on any atom is -0.481 e. The molecule has 20 heavy (non-hydrogen) atoms. The molecule has 1 aromatic heterocycles. The van der Waals surface area contributed by atoms with Crippen LogP contribution in [0.25, 0.3) is 0 Å². The maximum Gasteiger partial charge on any atom is 0.323 e. The Labute approximate surface area is 120 Å². The third-order valence-corrected chi connectivity index (χ3v) is 4.21. The zero-order valence-electron chi connectivity index (χ0n) is 11.2. The minimum atomic E-state index is -0.757. The van der Waals surface area contributed by atoms with Crippen molar-refractivity contribution in [2.45, 2.75) is 32.6 Å². The van der Waals surface area contributed by atoms with E-state index in [1.54, 1.807) is 4.90 Å². The molecule has 110 valence electrons. The van der Waals surface area contributed by atoms with Crippen LogP contribution in [0.3, 0.4) is 0 Å². The van der Waals surface area contributed by atoms with Gasteiger partial charge in [-0.25, -0.2) is 4.79 Å². The van der Waals surface area contributed by atoms with Gasteiger partial charge in [-0.05, 0) is 24.5 Å². The summed E-state index contributed by atoms with van der Waals surface area (Å²) in [7, 11) is 0. The van der Waals surface area contributed by atoms with Gasteiger partial charge >= 0.3 is 12.0 Å². The molecule has 1 aliphatic rings. The van der Waals surface area contributed by atoms with Crippen molar-refractivity contribution in [2.75, 3.05) is 18.4 Å². The lowest BCUT2D eigenvalue weighted by Crippen LogP contribution is -2.47. The van der Waals surface area contributed by atoms with Gasteiger partial charge in [-0.15, -0.1) is 0 Å². The number of aliphatic carboxylic acids is 1. The normalized spacial score (nSPS) is 17.8. The first-order valence-electron chi connectivity index (χ1n) is 6.52. The third-order valence-electron chi connectivity index (χ3n) is 3.70. The van der Waals surface area contributed by atoms with E-state index in [-0.39, 0.29) is 6.03 Å². The number of carbonyl (C=O) groups is 2. The van der Waals surface area contributed by atoms with E-state index >= 15 is 0 Å². The number of piperidine rings is 1. The number of nitrogens with one attached hydrogen (secondary N) is 1. The Morgan fingerprint density at radius 2 is 2.15 bits per heavy atom. The molecule has 1 fully saturated rings. The van der Waals surface area contributed by atoms with Gasteiger partial charge in [-0.1, -0.05) is 22.9 Å². The first-order valence-corrected chi connectivity index (χ1v) is 7.29. The third kappa shape index (κ3) is 3.03. The summed E-state index contributed by atoms with van der Waals surface area (Å²) >= 11 is 1.00. The Morgan fingerprint density at radius 3 is 2.65 bits per heavy atom. The Kier molecular flexibility index (Phi) is 4.48. The second-order valence-corrected chi connectivity index (χ2v) is 5.65. The number of carboxylic acids is 1. The molecule has 0 aliphatic carbocycles.